The maximum absolute atomic E-state index is 4.58. The van der Waals surface area contributed by atoms with Crippen molar-refractivity contribution >= 4 is 5.96 Å². The molecule has 1 aromatic heterocycles. The van der Waals surface area contributed by atoms with Crippen LogP contribution >= 0.6 is 0 Å². The third-order valence-electron chi connectivity index (χ3n) is 4.43. The summed E-state index contributed by atoms with van der Waals surface area (Å²) in [7, 11) is 2.11. The van der Waals surface area contributed by atoms with Crippen LogP contribution in [0.3, 0.4) is 0 Å². The maximum atomic E-state index is 4.58. The summed E-state index contributed by atoms with van der Waals surface area (Å²) in [5.74, 6) is 1.60. The number of guanidine groups is 1. The number of rotatable bonds is 3. The number of nitrogens with zero attached hydrogens (tertiary/aromatic N) is 4. The predicted octanol–water partition coefficient (Wildman–Crippen LogP) is 2.01. The minimum absolute atomic E-state index is 0.493. The molecule has 5 heteroatoms. The van der Waals surface area contributed by atoms with Crippen molar-refractivity contribution in [2.24, 2.45) is 4.99 Å². The van der Waals surface area contributed by atoms with Crippen molar-refractivity contribution in [1.82, 2.24) is 20.0 Å². The minimum Gasteiger partial charge on any atom is -0.353 e. The van der Waals surface area contributed by atoms with Gasteiger partial charge in [0.1, 0.15) is 0 Å². The first-order valence-electron chi connectivity index (χ1n) is 7.93. The predicted molar refractivity (Wildman–Crippen MR) is 87.4 cm³/mol. The SMILES string of the molecule is CN1CCCN=C1N[C@@H]1C[C@H]1c1cnn(-c2ccccc2)c1. The van der Waals surface area contributed by atoms with Crippen LogP contribution in [0.4, 0.5) is 0 Å². The lowest BCUT2D eigenvalue weighted by atomic mass is 10.2. The van der Waals surface area contributed by atoms with E-state index in [4.69, 9.17) is 0 Å². The lowest BCUT2D eigenvalue weighted by Crippen LogP contribution is -2.43. The molecule has 2 atom stereocenters. The van der Waals surface area contributed by atoms with Gasteiger partial charge >= 0.3 is 0 Å². The summed E-state index contributed by atoms with van der Waals surface area (Å²) in [4.78, 5) is 6.80. The van der Waals surface area contributed by atoms with E-state index in [1.54, 1.807) is 0 Å². The average Bonchev–Trinajstić information content (AvgIpc) is 3.14. The van der Waals surface area contributed by atoms with Crippen molar-refractivity contribution in [3.05, 3.63) is 48.3 Å². The summed E-state index contributed by atoms with van der Waals surface area (Å²) in [5.41, 5.74) is 2.41. The monoisotopic (exact) mass is 295 g/mol. The molecule has 1 aromatic carbocycles. The third kappa shape index (κ3) is 2.58. The van der Waals surface area contributed by atoms with Gasteiger partial charge in [-0.2, -0.15) is 5.10 Å². The third-order valence-corrected chi connectivity index (χ3v) is 4.43. The second-order valence-corrected chi connectivity index (χ2v) is 6.13. The van der Waals surface area contributed by atoms with Gasteiger partial charge in [-0.1, -0.05) is 18.2 Å². The van der Waals surface area contributed by atoms with Gasteiger partial charge in [0.25, 0.3) is 0 Å². The summed E-state index contributed by atoms with van der Waals surface area (Å²) in [6, 6.07) is 10.7. The van der Waals surface area contributed by atoms with Gasteiger partial charge in [0.05, 0.1) is 11.9 Å². The molecule has 22 heavy (non-hydrogen) atoms. The topological polar surface area (TPSA) is 45.4 Å². The van der Waals surface area contributed by atoms with E-state index in [2.05, 4.69) is 45.7 Å². The van der Waals surface area contributed by atoms with E-state index >= 15 is 0 Å². The van der Waals surface area contributed by atoms with Crippen molar-refractivity contribution in [2.75, 3.05) is 20.1 Å². The van der Waals surface area contributed by atoms with Crippen LogP contribution in [0.1, 0.15) is 24.3 Å². The Morgan fingerprint density at radius 3 is 2.91 bits per heavy atom. The van der Waals surface area contributed by atoms with Crippen LogP contribution in [0, 0.1) is 0 Å². The zero-order chi connectivity index (χ0) is 14.9. The Hall–Kier alpha value is -2.30. The van der Waals surface area contributed by atoms with Crippen LogP contribution in [0.2, 0.25) is 0 Å². The van der Waals surface area contributed by atoms with Gasteiger partial charge in [0.15, 0.2) is 5.96 Å². The first kappa shape index (κ1) is 13.4. The fourth-order valence-corrected chi connectivity index (χ4v) is 3.01. The first-order valence-corrected chi connectivity index (χ1v) is 7.93. The van der Waals surface area contributed by atoms with Crippen molar-refractivity contribution < 1.29 is 0 Å². The normalized spacial score (nSPS) is 24.0. The molecule has 1 aliphatic heterocycles. The van der Waals surface area contributed by atoms with Gasteiger partial charge in [-0.25, -0.2) is 4.68 Å². The van der Waals surface area contributed by atoms with Crippen LogP contribution in [0.15, 0.2) is 47.7 Å². The van der Waals surface area contributed by atoms with E-state index < -0.39 is 0 Å². The highest BCUT2D eigenvalue weighted by atomic mass is 15.3. The molecule has 0 spiro atoms. The Morgan fingerprint density at radius 2 is 2.09 bits per heavy atom. The van der Waals surface area contributed by atoms with Crippen LogP contribution in [0.25, 0.3) is 5.69 Å². The number of aromatic nitrogens is 2. The molecule has 0 bridgehead atoms. The summed E-state index contributed by atoms with van der Waals surface area (Å²) in [6.07, 6.45) is 6.45. The fraction of sp³-hybridized carbons (Fsp3) is 0.412. The molecule has 1 fully saturated rings. The molecule has 1 N–H and O–H groups in total. The van der Waals surface area contributed by atoms with E-state index in [0.29, 0.717) is 12.0 Å². The van der Waals surface area contributed by atoms with Crippen molar-refractivity contribution in [3.63, 3.8) is 0 Å². The molecule has 0 amide bonds. The average molecular weight is 295 g/mol. The molecule has 114 valence electrons. The van der Waals surface area contributed by atoms with Crippen LogP contribution in [-0.2, 0) is 0 Å². The Balaban J connectivity index is 1.43. The second kappa shape index (κ2) is 5.48. The van der Waals surface area contributed by atoms with Gasteiger partial charge < -0.3 is 10.2 Å². The molecule has 4 rings (SSSR count). The molecule has 5 nitrogen and oxygen atoms in total. The smallest absolute Gasteiger partial charge is 0.193 e. The lowest BCUT2D eigenvalue weighted by molar-refractivity contribution is 0.445. The zero-order valence-electron chi connectivity index (χ0n) is 12.8. The molecule has 0 saturated heterocycles. The number of para-hydroxylation sites is 1. The number of nitrogens with one attached hydrogen (secondary N) is 1. The summed E-state index contributed by atoms with van der Waals surface area (Å²) >= 11 is 0. The van der Waals surface area contributed by atoms with E-state index in [0.717, 1.165) is 37.6 Å². The molecule has 1 aliphatic carbocycles. The fourth-order valence-electron chi connectivity index (χ4n) is 3.01. The largest absolute Gasteiger partial charge is 0.353 e. The Labute approximate surface area is 130 Å². The molecular weight excluding hydrogens is 274 g/mol. The Bertz CT molecular complexity index is 675. The minimum atomic E-state index is 0.493. The lowest BCUT2D eigenvalue weighted by Gasteiger charge is -2.25. The summed E-state index contributed by atoms with van der Waals surface area (Å²) < 4.78 is 1.95. The summed E-state index contributed by atoms with van der Waals surface area (Å²) in [5, 5.41) is 8.07. The molecule has 0 unspecified atom stereocenters. The van der Waals surface area contributed by atoms with Gasteiger partial charge in [0, 0.05) is 38.3 Å². The van der Waals surface area contributed by atoms with Gasteiger partial charge in [0.2, 0.25) is 0 Å². The molecule has 1 saturated carbocycles. The second-order valence-electron chi connectivity index (χ2n) is 6.13. The van der Waals surface area contributed by atoms with E-state index in [1.165, 1.54) is 5.56 Å². The summed E-state index contributed by atoms with van der Waals surface area (Å²) in [6.45, 7) is 2.03. The highest BCUT2D eigenvalue weighted by Gasteiger charge is 2.40. The van der Waals surface area contributed by atoms with Crippen LogP contribution in [0.5, 0.6) is 0 Å². The maximum Gasteiger partial charge on any atom is 0.193 e. The van der Waals surface area contributed by atoms with Crippen LogP contribution in [-0.4, -0.2) is 46.8 Å². The van der Waals surface area contributed by atoms with Crippen LogP contribution < -0.4 is 5.32 Å². The highest BCUT2D eigenvalue weighted by Crippen LogP contribution is 2.40. The molecule has 0 radical (unpaired) electrons. The van der Waals surface area contributed by atoms with Gasteiger partial charge in [-0.3, -0.25) is 4.99 Å². The van der Waals surface area contributed by atoms with Crippen molar-refractivity contribution in [3.8, 4) is 5.69 Å². The number of hydrogen-bond acceptors (Lipinski definition) is 4. The van der Waals surface area contributed by atoms with Crippen molar-refractivity contribution in [2.45, 2.75) is 24.8 Å². The number of hydrogen-bond donors (Lipinski definition) is 1. The first-order chi connectivity index (χ1) is 10.8. The molecule has 2 heterocycles. The quantitative estimate of drug-likeness (QED) is 0.942. The van der Waals surface area contributed by atoms with Crippen molar-refractivity contribution in [1.29, 1.82) is 0 Å². The zero-order valence-corrected chi connectivity index (χ0v) is 12.8. The Kier molecular flexibility index (Phi) is 3.33. The standard InChI is InChI=1S/C17H21N5/c1-21-9-5-8-18-17(21)20-16-10-15(16)13-11-19-22(12-13)14-6-3-2-4-7-14/h2-4,6-7,11-12,15-16H,5,8-10H2,1H3,(H,18,20)/t15-,16+/m0/s1. The van der Waals surface area contributed by atoms with E-state index in [1.807, 2.05) is 29.1 Å². The highest BCUT2D eigenvalue weighted by molar-refractivity contribution is 5.81. The molecule has 2 aromatic rings. The Morgan fingerprint density at radius 1 is 1.23 bits per heavy atom. The molecular formula is C17H21N5. The molecule has 2 aliphatic rings. The van der Waals surface area contributed by atoms with E-state index in [9.17, 15) is 0 Å². The van der Waals surface area contributed by atoms with Gasteiger partial charge in [-0.15, -0.1) is 0 Å². The van der Waals surface area contributed by atoms with Gasteiger partial charge in [-0.05, 0) is 30.5 Å². The number of benzene rings is 1. The van der Waals surface area contributed by atoms with E-state index in [-0.39, 0.29) is 0 Å². The number of aliphatic imine (C=N–C) groups is 1.